The molecule has 1 heterocycles. The van der Waals surface area contributed by atoms with Crippen molar-refractivity contribution < 1.29 is 10.0 Å². The molecule has 4 aromatic rings. The zero-order chi connectivity index (χ0) is 25.6. The van der Waals surface area contributed by atoms with Crippen LogP contribution in [0.5, 0.6) is 0 Å². The van der Waals surface area contributed by atoms with Crippen LogP contribution in [0, 0.1) is 5.21 Å². The van der Waals surface area contributed by atoms with Crippen LogP contribution in [0.15, 0.2) is 130 Å². The van der Waals surface area contributed by atoms with E-state index in [4.69, 9.17) is 15.2 Å². The third kappa shape index (κ3) is 5.72. The summed E-state index contributed by atoms with van der Waals surface area (Å²) in [6.07, 6.45) is 0. The zero-order valence-electron chi connectivity index (χ0n) is 19.4. The van der Waals surface area contributed by atoms with Gasteiger partial charge in [0, 0.05) is 0 Å². The number of amidine groups is 2. The van der Waals surface area contributed by atoms with Gasteiger partial charge in [0.05, 0.1) is 0 Å². The maximum absolute atomic E-state index is 13.2. The van der Waals surface area contributed by atoms with Gasteiger partial charge in [-0.3, -0.25) is 0 Å². The van der Waals surface area contributed by atoms with Gasteiger partial charge in [-0.25, -0.2) is 0 Å². The van der Waals surface area contributed by atoms with Gasteiger partial charge in [0.1, 0.15) is 0 Å². The van der Waals surface area contributed by atoms with Gasteiger partial charge in [-0.05, 0) is 0 Å². The Balaban J connectivity index is 1.62. The summed E-state index contributed by atoms with van der Waals surface area (Å²) in [4.78, 5) is 29.3. The molecular weight excluding hydrogens is 533 g/mol. The zero-order valence-corrected chi connectivity index (χ0v) is 21.1. The molecule has 1 N–H and O–H groups in total. The van der Waals surface area contributed by atoms with Gasteiger partial charge >= 0.3 is 220 Å². The molecule has 182 valence electrons. The number of para-hydroxylation sites is 3. The van der Waals surface area contributed by atoms with E-state index in [0.29, 0.717) is 10.6 Å². The summed E-state index contributed by atoms with van der Waals surface area (Å²) in [6, 6.07) is 34.4. The Bertz CT molecular complexity index is 1470. The first-order valence-corrected chi connectivity index (χ1v) is 13.0. The van der Waals surface area contributed by atoms with E-state index in [1.807, 2.05) is 95.9 Å². The van der Waals surface area contributed by atoms with Gasteiger partial charge in [-0.1, -0.05) is 0 Å². The summed E-state index contributed by atoms with van der Waals surface area (Å²) < 4.78 is 1.26. The minimum absolute atomic E-state index is 0.0229. The van der Waals surface area contributed by atoms with E-state index in [9.17, 15) is 10.0 Å². The predicted octanol–water partition coefficient (Wildman–Crippen LogP) is 5.56. The third-order valence-corrected chi connectivity index (χ3v) is 7.24. The normalized spacial score (nSPS) is 16.5. The van der Waals surface area contributed by atoms with Crippen molar-refractivity contribution in [2.75, 3.05) is 10.1 Å². The summed E-state index contributed by atoms with van der Waals surface area (Å²) >= 11 is -0.439. The van der Waals surface area contributed by atoms with E-state index in [2.05, 4.69) is 4.99 Å². The maximum atomic E-state index is 13.2. The molecule has 0 bridgehead atoms. The van der Waals surface area contributed by atoms with E-state index in [-0.39, 0.29) is 16.5 Å². The molecule has 0 spiro atoms. The van der Waals surface area contributed by atoms with Gasteiger partial charge in [0.15, 0.2) is 0 Å². The van der Waals surface area contributed by atoms with Crippen molar-refractivity contribution in [1.82, 2.24) is 0 Å². The van der Waals surface area contributed by atoms with Crippen molar-refractivity contribution in [2.24, 2.45) is 15.0 Å². The quantitative estimate of drug-likeness (QED) is 0.258. The number of rotatable bonds is 5. The fourth-order valence-corrected chi connectivity index (χ4v) is 5.57. The molecule has 37 heavy (non-hydrogen) atoms. The number of amides is 1. The van der Waals surface area contributed by atoms with Gasteiger partial charge in [0.2, 0.25) is 0 Å². The van der Waals surface area contributed by atoms with E-state index in [1.54, 1.807) is 0 Å². The van der Waals surface area contributed by atoms with E-state index < -0.39 is 20.9 Å². The first kappa shape index (κ1) is 24.3. The molecule has 0 unspecified atom stereocenters. The van der Waals surface area contributed by atoms with Crippen LogP contribution >= 0.6 is 0 Å². The van der Waals surface area contributed by atoms with Crippen LogP contribution < -0.4 is 10.1 Å². The summed E-state index contributed by atoms with van der Waals surface area (Å²) in [6.45, 7) is 0. The third-order valence-electron chi connectivity index (χ3n) is 5.31. The number of carbonyl (C=O) groups excluding carboxylic acids is 1. The Morgan fingerprint density at radius 1 is 0.757 bits per heavy atom. The first-order chi connectivity index (χ1) is 18.1. The van der Waals surface area contributed by atoms with Crippen LogP contribution in [0.1, 0.15) is 10.4 Å². The van der Waals surface area contributed by atoms with Gasteiger partial charge in [0.25, 0.3) is 0 Å². The predicted molar refractivity (Wildman–Crippen MR) is 148 cm³/mol. The van der Waals surface area contributed by atoms with Crippen molar-refractivity contribution in [1.29, 1.82) is 0 Å². The Hall–Kier alpha value is -4.40. The van der Waals surface area contributed by atoms with E-state index in [1.165, 1.54) is 24.3 Å². The number of carbonyl (C=O) groups is 1. The topological polar surface area (TPSA) is 104 Å². The number of benzene rings is 4. The molecule has 1 aliphatic heterocycles. The molecule has 1 saturated heterocycles. The molecular formula is C28H20N5O3Se-. The van der Waals surface area contributed by atoms with Crippen molar-refractivity contribution in [3.05, 3.63) is 126 Å². The second kappa shape index (κ2) is 11.1. The van der Waals surface area contributed by atoms with E-state index in [0.717, 1.165) is 21.7 Å². The molecule has 0 aromatic heterocycles. The monoisotopic (exact) mass is 554 g/mol. The molecule has 0 radical (unpaired) electrons. The second-order valence-corrected chi connectivity index (χ2v) is 9.82. The molecule has 5 rings (SSSR count). The summed E-state index contributed by atoms with van der Waals surface area (Å²) in [5, 5.41) is 19.9. The van der Waals surface area contributed by atoms with Crippen molar-refractivity contribution in [2.45, 2.75) is 0 Å². The average molecular weight is 553 g/mol. The van der Waals surface area contributed by atoms with Crippen LogP contribution in [0.3, 0.4) is 0 Å². The van der Waals surface area contributed by atoms with Crippen molar-refractivity contribution in [3.63, 3.8) is 0 Å². The molecule has 0 aliphatic carbocycles. The molecule has 8 nitrogen and oxygen atoms in total. The van der Waals surface area contributed by atoms with E-state index >= 15 is 0 Å². The standard InChI is InChI=1S/C28H20N5O3Se/c34-26(20-16-18-24(19-17-20)33(35)36)31-28-32(23-14-8-3-9-15-23)25(29-21-10-4-1-5-11-21)27(37-28)30-22-12-6-2-7-13-22/h1-19,35H/q-1. The Morgan fingerprint density at radius 2 is 1.30 bits per heavy atom. The summed E-state index contributed by atoms with van der Waals surface area (Å²) in [7, 11) is 0. The average Bonchev–Trinajstić information content (AvgIpc) is 3.26. The van der Waals surface area contributed by atoms with Crippen molar-refractivity contribution >= 4 is 58.8 Å². The van der Waals surface area contributed by atoms with Crippen LogP contribution in [-0.2, 0) is 0 Å². The van der Waals surface area contributed by atoms with Crippen LogP contribution in [-0.4, -0.2) is 41.3 Å². The molecule has 0 atom stereocenters. The van der Waals surface area contributed by atoms with Crippen LogP contribution in [0.4, 0.5) is 22.7 Å². The minimum atomic E-state index is -0.472. The Morgan fingerprint density at radius 3 is 1.86 bits per heavy atom. The number of hydrogen-bond donors (Lipinski definition) is 1. The SMILES string of the molecule is O=C(N=C1[Se]C(=Nc2ccccc2)C(=Nc2ccccc2)N1c1ccccc1)c1ccc(N([O-])O)cc1. The van der Waals surface area contributed by atoms with Crippen molar-refractivity contribution in [3.8, 4) is 0 Å². The molecule has 4 aromatic carbocycles. The number of nitrogens with zero attached hydrogens (tertiary/aromatic N) is 5. The number of anilines is 2. The number of hydrogen-bond acceptors (Lipinski definition) is 6. The Kier molecular flexibility index (Phi) is 7.30. The first-order valence-electron chi connectivity index (χ1n) is 11.3. The summed E-state index contributed by atoms with van der Waals surface area (Å²) in [5.74, 6) is 0.130. The molecule has 1 fully saturated rings. The molecule has 1 aliphatic rings. The van der Waals surface area contributed by atoms with Gasteiger partial charge in [-0.15, -0.1) is 0 Å². The van der Waals surface area contributed by atoms with Gasteiger partial charge < -0.3 is 0 Å². The Labute approximate surface area is 219 Å². The summed E-state index contributed by atoms with van der Waals surface area (Å²) in [5.41, 5.74) is 2.65. The number of aliphatic imine (C=N–C) groups is 3. The van der Waals surface area contributed by atoms with Gasteiger partial charge in [-0.2, -0.15) is 0 Å². The molecule has 1 amide bonds. The fourth-order valence-electron chi connectivity index (χ4n) is 3.54. The second-order valence-electron chi connectivity index (χ2n) is 7.82. The molecule has 9 heteroatoms. The van der Waals surface area contributed by atoms with Crippen LogP contribution in [0.2, 0.25) is 0 Å². The van der Waals surface area contributed by atoms with Crippen LogP contribution in [0.25, 0.3) is 0 Å². The molecule has 0 saturated carbocycles. The fraction of sp³-hybridized carbons (Fsp3) is 0.